The van der Waals surface area contributed by atoms with Gasteiger partial charge in [-0.25, -0.2) is 0 Å². The normalized spacial score (nSPS) is 16.1. The number of hydrogen-bond donors (Lipinski definition) is 0. The van der Waals surface area contributed by atoms with Crippen LogP contribution in [0.2, 0.25) is 5.02 Å². The Balaban J connectivity index is 1.47. The van der Waals surface area contributed by atoms with Crippen molar-refractivity contribution in [3.05, 3.63) is 58.4 Å². The molecule has 1 saturated heterocycles. The summed E-state index contributed by atoms with van der Waals surface area (Å²) in [6.45, 7) is 9.89. The Bertz CT molecular complexity index is 782. The summed E-state index contributed by atoms with van der Waals surface area (Å²) < 4.78 is 5.91. The fourth-order valence-corrected chi connectivity index (χ4v) is 3.61. The summed E-state index contributed by atoms with van der Waals surface area (Å²) in [7, 11) is 0. The maximum Gasteiger partial charge on any atom is 0.263 e. The standard InChI is InChI=1S/C22H28ClN3O2/c1-16-14-20(15-17(2)21(16)23)28-18(3)22(27)26-12-10-25(11-13-26)9-7-19-6-4-5-8-24-19/h4-6,8,14-15,18H,7,9-13H2,1-3H3/t18-/m0/s1. The predicted molar refractivity (Wildman–Crippen MR) is 112 cm³/mol. The number of amides is 1. The number of piperazine rings is 1. The van der Waals surface area contributed by atoms with E-state index in [0.29, 0.717) is 5.75 Å². The number of aryl methyl sites for hydroxylation is 2. The summed E-state index contributed by atoms with van der Waals surface area (Å²) in [5.74, 6) is 0.726. The zero-order chi connectivity index (χ0) is 20.1. The Morgan fingerprint density at radius 3 is 2.46 bits per heavy atom. The van der Waals surface area contributed by atoms with Crippen LogP contribution < -0.4 is 4.74 Å². The van der Waals surface area contributed by atoms with Crippen LogP contribution in [0.5, 0.6) is 5.75 Å². The molecule has 2 heterocycles. The van der Waals surface area contributed by atoms with E-state index in [0.717, 1.165) is 61.0 Å². The average Bonchev–Trinajstić information content (AvgIpc) is 2.71. The number of aromatic nitrogens is 1. The molecule has 0 unspecified atom stereocenters. The molecule has 5 nitrogen and oxygen atoms in total. The van der Waals surface area contributed by atoms with Crippen LogP contribution in [0.25, 0.3) is 0 Å². The second-order valence-corrected chi connectivity index (χ2v) is 7.75. The first-order chi connectivity index (χ1) is 13.4. The van der Waals surface area contributed by atoms with Gasteiger partial charge in [0.15, 0.2) is 6.10 Å². The highest BCUT2D eigenvalue weighted by Gasteiger charge is 2.26. The highest BCUT2D eigenvalue weighted by atomic mass is 35.5. The second-order valence-electron chi connectivity index (χ2n) is 7.37. The van der Waals surface area contributed by atoms with Gasteiger partial charge < -0.3 is 9.64 Å². The highest BCUT2D eigenvalue weighted by molar-refractivity contribution is 6.32. The van der Waals surface area contributed by atoms with E-state index in [-0.39, 0.29) is 5.91 Å². The highest BCUT2D eigenvalue weighted by Crippen LogP contribution is 2.26. The van der Waals surface area contributed by atoms with E-state index in [4.69, 9.17) is 16.3 Å². The first kappa shape index (κ1) is 20.6. The molecule has 1 fully saturated rings. The van der Waals surface area contributed by atoms with Gasteiger partial charge in [0, 0.05) is 56.1 Å². The number of hydrogen-bond acceptors (Lipinski definition) is 4. The van der Waals surface area contributed by atoms with Crippen molar-refractivity contribution in [1.29, 1.82) is 0 Å². The van der Waals surface area contributed by atoms with Crippen molar-refractivity contribution >= 4 is 17.5 Å². The minimum absolute atomic E-state index is 0.0367. The van der Waals surface area contributed by atoms with Crippen LogP contribution >= 0.6 is 11.6 Å². The van der Waals surface area contributed by atoms with Gasteiger partial charge in [0.1, 0.15) is 5.75 Å². The maximum atomic E-state index is 12.8. The lowest BCUT2D eigenvalue weighted by atomic mass is 10.1. The number of carbonyl (C=O) groups excluding carboxylic acids is 1. The summed E-state index contributed by atoms with van der Waals surface area (Å²) in [5.41, 5.74) is 3.02. The van der Waals surface area contributed by atoms with Crippen LogP contribution in [0.15, 0.2) is 36.5 Å². The molecule has 6 heteroatoms. The molecular weight excluding hydrogens is 374 g/mol. The molecule has 0 saturated carbocycles. The van der Waals surface area contributed by atoms with Gasteiger partial charge in [-0.1, -0.05) is 17.7 Å². The lowest BCUT2D eigenvalue weighted by molar-refractivity contribution is -0.139. The van der Waals surface area contributed by atoms with E-state index in [1.807, 2.05) is 56.1 Å². The van der Waals surface area contributed by atoms with Crippen LogP contribution in [0.4, 0.5) is 0 Å². The van der Waals surface area contributed by atoms with Gasteiger partial charge in [-0.05, 0) is 56.2 Å². The zero-order valence-corrected chi connectivity index (χ0v) is 17.6. The average molecular weight is 402 g/mol. The molecule has 3 rings (SSSR count). The summed E-state index contributed by atoms with van der Waals surface area (Å²) in [6, 6.07) is 9.77. The van der Waals surface area contributed by atoms with Gasteiger partial charge in [0.2, 0.25) is 0 Å². The number of rotatable bonds is 6. The lowest BCUT2D eigenvalue weighted by Gasteiger charge is -2.35. The largest absolute Gasteiger partial charge is 0.481 e. The molecule has 1 aliphatic rings. The van der Waals surface area contributed by atoms with Crippen molar-refractivity contribution in [3.8, 4) is 5.75 Å². The molecule has 1 aromatic heterocycles. The Morgan fingerprint density at radius 1 is 1.18 bits per heavy atom. The summed E-state index contributed by atoms with van der Waals surface area (Å²) in [4.78, 5) is 21.4. The third kappa shape index (κ3) is 5.24. The number of benzene rings is 1. The van der Waals surface area contributed by atoms with Crippen molar-refractivity contribution in [2.75, 3.05) is 32.7 Å². The quantitative estimate of drug-likeness (QED) is 0.743. The van der Waals surface area contributed by atoms with E-state index < -0.39 is 6.10 Å². The number of halogens is 1. The van der Waals surface area contributed by atoms with Crippen molar-refractivity contribution in [3.63, 3.8) is 0 Å². The Morgan fingerprint density at radius 2 is 1.86 bits per heavy atom. The first-order valence-electron chi connectivity index (χ1n) is 9.78. The number of pyridine rings is 1. The molecule has 28 heavy (non-hydrogen) atoms. The topological polar surface area (TPSA) is 45.7 Å². The molecule has 0 radical (unpaired) electrons. The van der Waals surface area contributed by atoms with E-state index in [1.54, 1.807) is 0 Å². The summed E-state index contributed by atoms with van der Waals surface area (Å²) in [5, 5.41) is 0.744. The smallest absolute Gasteiger partial charge is 0.263 e. The molecule has 0 bridgehead atoms. The third-order valence-corrected chi connectivity index (χ3v) is 5.76. The molecule has 2 aromatic rings. The number of ether oxygens (including phenoxy) is 1. The molecular formula is C22H28ClN3O2. The predicted octanol–water partition coefficient (Wildman–Crippen LogP) is 3.51. The van der Waals surface area contributed by atoms with E-state index in [2.05, 4.69) is 16.0 Å². The Hall–Kier alpha value is -2.11. The van der Waals surface area contributed by atoms with E-state index >= 15 is 0 Å². The molecule has 1 aromatic carbocycles. The molecule has 1 amide bonds. The maximum absolute atomic E-state index is 12.8. The fraction of sp³-hybridized carbons (Fsp3) is 0.455. The van der Waals surface area contributed by atoms with Crippen molar-refractivity contribution in [2.24, 2.45) is 0 Å². The van der Waals surface area contributed by atoms with Gasteiger partial charge in [-0.15, -0.1) is 0 Å². The van der Waals surface area contributed by atoms with E-state index in [1.165, 1.54) is 0 Å². The van der Waals surface area contributed by atoms with Gasteiger partial charge in [0.05, 0.1) is 0 Å². The number of carbonyl (C=O) groups is 1. The monoisotopic (exact) mass is 401 g/mol. The molecule has 0 aliphatic carbocycles. The molecule has 1 aliphatic heterocycles. The van der Waals surface area contributed by atoms with Crippen molar-refractivity contribution < 1.29 is 9.53 Å². The van der Waals surface area contributed by atoms with Crippen LogP contribution in [0.3, 0.4) is 0 Å². The Kier molecular flexibility index (Phi) is 6.92. The minimum atomic E-state index is -0.514. The summed E-state index contributed by atoms with van der Waals surface area (Å²) >= 11 is 6.21. The first-order valence-corrected chi connectivity index (χ1v) is 10.2. The van der Waals surface area contributed by atoms with Crippen molar-refractivity contribution in [2.45, 2.75) is 33.3 Å². The fourth-order valence-electron chi connectivity index (χ4n) is 3.50. The second kappa shape index (κ2) is 9.39. The molecule has 150 valence electrons. The van der Waals surface area contributed by atoms with Crippen LogP contribution in [-0.2, 0) is 11.2 Å². The molecule has 0 N–H and O–H groups in total. The van der Waals surface area contributed by atoms with Crippen LogP contribution in [0, 0.1) is 13.8 Å². The van der Waals surface area contributed by atoms with Crippen LogP contribution in [0.1, 0.15) is 23.7 Å². The van der Waals surface area contributed by atoms with Gasteiger partial charge >= 0.3 is 0 Å². The Labute approximate surface area is 172 Å². The van der Waals surface area contributed by atoms with Gasteiger partial charge in [-0.2, -0.15) is 0 Å². The van der Waals surface area contributed by atoms with Crippen molar-refractivity contribution in [1.82, 2.24) is 14.8 Å². The number of nitrogens with zero attached hydrogens (tertiary/aromatic N) is 3. The van der Waals surface area contributed by atoms with Crippen LogP contribution in [-0.4, -0.2) is 59.5 Å². The lowest BCUT2D eigenvalue weighted by Crippen LogP contribution is -2.52. The third-order valence-electron chi connectivity index (χ3n) is 5.16. The summed E-state index contributed by atoms with van der Waals surface area (Å²) in [6.07, 6.45) is 2.25. The SMILES string of the molecule is Cc1cc(O[C@@H](C)C(=O)N2CCN(CCc3ccccn3)CC2)cc(C)c1Cl. The zero-order valence-electron chi connectivity index (χ0n) is 16.8. The minimum Gasteiger partial charge on any atom is -0.481 e. The van der Waals surface area contributed by atoms with Gasteiger partial charge in [-0.3, -0.25) is 14.7 Å². The molecule has 1 atom stereocenters. The molecule has 0 spiro atoms. The van der Waals surface area contributed by atoms with E-state index in [9.17, 15) is 4.79 Å². The van der Waals surface area contributed by atoms with Gasteiger partial charge in [0.25, 0.3) is 5.91 Å².